The Morgan fingerprint density at radius 2 is 1.90 bits per heavy atom. The average molecular weight is 356 g/mol. The van der Waals surface area contributed by atoms with Gasteiger partial charge in [0.05, 0.1) is 4.47 Å². The van der Waals surface area contributed by atoms with Gasteiger partial charge in [0, 0.05) is 6.20 Å². The summed E-state index contributed by atoms with van der Waals surface area (Å²) >= 11 is 9.10. The van der Waals surface area contributed by atoms with Crippen molar-refractivity contribution in [3.8, 4) is 11.6 Å². The third-order valence-corrected chi connectivity index (χ3v) is 4.14. The second-order valence-electron chi connectivity index (χ2n) is 5.16. The SMILES string of the molecule is CCC(C)(C)c1ccc(Oc2nc(Cl)ncc2Br)cc1. The molecular formula is C15H16BrClN2O. The molecular weight excluding hydrogens is 340 g/mol. The first-order valence-electron chi connectivity index (χ1n) is 6.39. The minimum atomic E-state index is 0.159. The number of aromatic nitrogens is 2. The molecule has 0 unspecified atom stereocenters. The zero-order valence-electron chi connectivity index (χ0n) is 11.7. The van der Waals surface area contributed by atoms with Crippen LogP contribution in [0.2, 0.25) is 5.28 Å². The second-order valence-corrected chi connectivity index (χ2v) is 6.35. The van der Waals surface area contributed by atoms with Gasteiger partial charge in [0.1, 0.15) is 5.75 Å². The summed E-state index contributed by atoms with van der Waals surface area (Å²) in [6.07, 6.45) is 2.65. The van der Waals surface area contributed by atoms with Crippen LogP contribution in [0.4, 0.5) is 0 Å². The van der Waals surface area contributed by atoms with Gasteiger partial charge in [0.25, 0.3) is 0 Å². The van der Waals surface area contributed by atoms with Crippen LogP contribution in [0.5, 0.6) is 11.6 Å². The van der Waals surface area contributed by atoms with Crippen LogP contribution in [0, 0.1) is 0 Å². The van der Waals surface area contributed by atoms with Crippen LogP contribution in [0.25, 0.3) is 0 Å². The molecule has 20 heavy (non-hydrogen) atoms. The summed E-state index contributed by atoms with van der Waals surface area (Å²) in [4.78, 5) is 7.91. The van der Waals surface area contributed by atoms with E-state index in [4.69, 9.17) is 16.3 Å². The summed E-state index contributed by atoms with van der Waals surface area (Å²) < 4.78 is 6.38. The van der Waals surface area contributed by atoms with Gasteiger partial charge in [0.2, 0.25) is 11.2 Å². The molecule has 0 spiro atoms. The van der Waals surface area contributed by atoms with E-state index in [1.807, 2.05) is 12.1 Å². The molecule has 2 aromatic rings. The molecule has 1 heterocycles. The van der Waals surface area contributed by atoms with Gasteiger partial charge < -0.3 is 4.74 Å². The number of rotatable bonds is 4. The molecule has 0 saturated heterocycles. The van der Waals surface area contributed by atoms with E-state index < -0.39 is 0 Å². The summed E-state index contributed by atoms with van der Waals surface area (Å²) in [6, 6.07) is 8.04. The fraction of sp³-hybridized carbons (Fsp3) is 0.333. The van der Waals surface area contributed by atoms with Gasteiger partial charge in [-0.15, -0.1) is 0 Å². The minimum absolute atomic E-state index is 0.159. The molecule has 1 aromatic carbocycles. The van der Waals surface area contributed by atoms with Crippen LogP contribution in [-0.4, -0.2) is 9.97 Å². The van der Waals surface area contributed by atoms with E-state index in [1.165, 1.54) is 5.56 Å². The molecule has 0 radical (unpaired) electrons. The maximum absolute atomic E-state index is 5.76. The third kappa shape index (κ3) is 3.49. The van der Waals surface area contributed by atoms with E-state index >= 15 is 0 Å². The highest BCUT2D eigenvalue weighted by Crippen LogP contribution is 2.31. The van der Waals surface area contributed by atoms with Gasteiger partial charge in [0.15, 0.2) is 0 Å². The predicted molar refractivity (Wildman–Crippen MR) is 84.6 cm³/mol. The van der Waals surface area contributed by atoms with Crippen LogP contribution in [-0.2, 0) is 5.41 Å². The molecule has 0 saturated carbocycles. The number of hydrogen-bond donors (Lipinski definition) is 0. The summed E-state index contributed by atoms with van der Waals surface area (Å²) in [7, 11) is 0. The summed E-state index contributed by atoms with van der Waals surface area (Å²) in [5.41, 5.74) is 1.45. The maximum Gasteiger partial charge on any atom is 0.237 e. The van der Waals surface area contributed by atoms with Crippen LogP contribution in [0.1, 0.15) is 32.8 Å². The molecule has 3 nitrogen and oxygen atoms in total. The highest BCUT2D eigenvalue weighted by molar-refractivity contribution is 9.10. The van der Waals surface area contributed by atoms with E-state index in [1.54, 1.807) is 6.20 Å². The highest BCUT2D eigenvalue weighted by atomic mass is 79.9. The second kappa shape index (κ2) is 6.10. The molecule has 0 bridgehead atoms. The van der Waals surface area contributed by atoms with Crippen LogP contribution >= 0.6 is 27.5 Å². The van der Waals surface area contributed by atoms with Crippen molar-refractivity contribution in [2.75, 3.05) is 0 Å². The van der Waals surface area contributed by atoms with E-state index in [2.05, 4.69) is 58.8 Å². The first-order chi connectivity index (χ1) is 9.42. The lowest BCUT2D eigenvalue weighted by atomic mass is 9.82. The standard InChI is InChI=1S/C15H16BrClN2O/c1-4-15(2,3)10-5-7-11(8-6-10)20-13-12(16)9-18-14(17)19-13/h5-9H,4H2,1-3H3. The van der Waals surface area contributed by atoms with E-state index in [0.717, 1.165) is 12.2 Å². The Morgan fingerprint density at radius 3 is 2.50 bits per heavy atom. The Hall–Kier alpha value is -1.13. The molecule has 0 aliphatic carbocycles. The molecule has 0 amide bonds. The third-order valence-electron chi connectivity index (χ3n) is 3.42. The van der Waals surface area contributed by atoms with Gasteiger partial charge in [-0.25, -0.2) is 4.98 Å². The molecule has 0 fully saturated rings. The Balaban J connectivity index is 2.21. The first-order valence-corrected chi connectivity index (χ1v) is 7.56. The number of halogens is 2. The topological polar surface area (TPSA) is 35.0 Å². The monoisotopic (exact) mass is 354 g/mol. The van der Waals surface area contributed by atoms with Crippen molar-refractivity contribution < 1.29 is 4.74 Å². The Labute approximate surface area is 132 Å². The smallest absolute Gasteiger partial charge is 0.237 e. The van der Waals surface area contributed by atoms with Crippen molar-refractivity contribution in [1.29, 1.82) is 0 Å². The molecule has 1 aromatic heterocycles. The molecule has 0 aliphatic rings. The molecule has 5 heteroatoms. The zero-order chi connectivity index (χ0) is 14.8. The van der Waals surface area contributed by atoms with Crippen molar-refractivity contribution in [2.45, 2.75) is 32.6 Å². The Bertz CT molecular complexity index is 599. The predicted octanol–water partition coefficient (Wildman–Crippen LogP) is 5.37. The normalized spacial score (nSPS) is 11.4. The highest BCUT2D eigenvalue weighted by Gasteiger charge is 2.17. The molecule has 0 aliphatic heterocycles. The lowest BCUT2D eigenvalue weighted by Crippen LogP contribution is -2.14. The van der Waals surface area contributed by atoms with Gasteiger partial charge in [-0.2, -0.15) is 4.98 Å². The lowest BCUT2D eigenvalue weighted by Gasteiger charge is -2.23. The number of nitrogens with zero attached hydrogens (tertiary/aromatic N) is 2. The molecule has 2 rings (SSSR count). The molecule has 0 N–H and O–H groups in total. The van der Waals surface area contributed by atoms with Crippen molar-refractivity contribution in [2.24, 2.45) is 0 Å². The Kier molecular flexibility index (Phi) is 4.66. The van der Waals surface area contributed by atoms with Crippen molar-refractivity contribution in [3.63, 3.8) is 0 Å². The quantitative estimate of drug-likeness (QED) is 0.691. The number of benzene rings is 1. The minimum Gasteiger partial charge on any atom is -0.438 e. The fourth-order valence-corrected chi connectivity index (χ4v) is 2.09. The zero-order valence-corrected chi connectivity index (χ0v) is 14.0. The van der Waals surface area contributed by atoms with Gasteiger partial charge in [-0.3, -0.25) is 0 Å². The summed E-state index contributed by atoms with van der Waals surface area (Å²) in [5, 5.41) is 0.159. The van der Waals surface area contributed by atoms with E-state index in [-0.39, 0.29) is 10.7 Å². The van der Waals surface area contributed by atoms with Gasteiger partial charge in [-0.05, 0) is 57.1 Å². The van der Waals surface area contributed by atoms with Crippen molar-refractivity contribution >= 4 is 27.5 Å². The fourth-order valence-electron chi connectivity index (χ4n) is 1.69. The Morgan fingerprint density at radius 1 is 1.25 bits per heavy atom. The summed E-state index contributed by atoms with van der Waals surface area (Å²) in [5.74, 6) is 1.13. The van der Waals surface area contributed by atoms with E-state index in [9.17, 15) is 0 Å². The molecule has 106 valence electrons. The lowest BCUT2D eigenvalue weighted by molar-refractivity contribution is 0.456. The van der Waals surface area contributed by atoms with Crippen LogP contribution < -0.4 is 4.74 Å². The van der Waals surface area contributed by atoms with Crippen LogP contribution in [0.3, 0.4) is 0 Å². The number of hydrogen-bond acceptors (Lipinski definition) is 3. The van der Waals surface area contributed by atoms with Crippen molar-refractivity contribution in [1.82, 2.24) is 9.97 Å². The van der Waals surface area contributed by atoms with Crippen molar-refractivity contribution in [3.05, 3.63) is 45.8 Å². The van der Waals surface area contributed by atoms with Gasteiger partial charge in [-0.1, -0.05) is 32.9 Å². The average Bonchev–Trinajstić information content (AvgIpc) is 2.43. The first kappa shape index (κ1) is 15.3. The largest absolute Gasteiger partial charge is 0.438 e. The number of ether oxygens (including phenoxy) is 1. The molecule has 0 atom stereocenters. The maximum atomic E-state index is 5.76. The summed E-state index contributed by atoms with van der Waals surface area (Å²) in [6.45, 7) is 6.64. The van der Waals surface area contributed by atoms with E-state index in [0.29, 0.717) is 10.4 Å². The van der Waals surface area contributed by atoms with Crippen LogP contribution in [0.15, 0.2) is 34.9 Å². The van der Waals surface area contributed by atoms with Gasteiger partial charge >= 0.3 is 0 Å².